The van der Waals surface area contributed by atoms with Crippen molar-refractivity contribution in [3.63, 3.8) is 0 Å². The summed E-state index contributed by atoms with van der Waals surface area (Å²) in [6.45, 7) is 1.82. The predicted octanol–water partition coefficient (Wildman–Crippen LogP) is 2.05. The highest BCUT2D eigenvalue weighted by atomic mass is 32.2. The van der Waals surface area contributed by atoms with E-state index in [1.54, 1.807) is 30.3 Å². The van der Waals surface area contributed by atoms with Crippen LogP contribution in [0.25, 0.3) is 0 Å². The van der Waals surface area contributed by atoms with Crippen molar-refractivity contribution in [1.29, 1.82) is 0 Å². The van der Waals surface area contributed by atoms with Crippen molar-refractivity contribution in [2.45, 2.75) is 24.3 Å². The first-order valence-corrected chi connectivity index (χ1v) is 11.9. The second-order valence-electron chi connectivity index (χ2n) is 6.71. The maximum absolute atomic E-state index is 12.5. The minimum atomic E-state index is -3.39. The third-order valence-corrected chi connectivity index (χ3v) is 6.75. The minimum absolute atomic E-state index is 0.117. The van der Waals surface area contributed by atoms with Crippen LogP contribution in [-0.2, 0) is 26.3 Å². The lowest BCUT2D eigenvalue weighted by Crippen LogP contribution is -2.34. The molecule has 0 spiro atoms. The van der Waals surface area contributed by atoms with Gasteiger partial charge in [0.15, 0.2) is 9.84 Å². The topological polar surface area (TPSA) is 101 Å². The number of fused-ring (bicyclic) bond motifs is 1. The molecule has 3 rings (SSSR count). The minimum Gasteiger partial charge on any atom is -0.322 e. The van der Waals surface area contributed by atoms with E-state index in [1.165, 1.54) is 16.4 Å². The molecule has 2 aromatic carbocycles. The lowest BCUT2D eigenvalue weighted by Gasteiger charge is -2.21. The summed E-state index contributed by atoms with van der Waals surface area (Å²) < 4.78 is 48.6. The first kappa shape index (κ1) is 19.4. The normalized spacial score (nSPS) is 16.9. The SMILES string of the molecule is C[C@H]1Cc2cc(C(=O)Nc3cccc(S(C)(=O)=O)c3)ccc2N1S(C)(=O)=O. The Bertz CT molecular complexity index is 1120. The molecule has 7 nitrogen and oxygen atoms in total. The van der Waals surface area contributed by atoms with Gasteiger partial charge in [0.2, 0.25) is 10.0 Å². The van der Waals surface area contributed by atoms with Crippen molar-refractivity contribution in [2.24, 2.45) is 0 Å². The third-order valence-electron chi connectivity index (χ3n) is 4.37. The molecule has 0 bridgehead atoms. The van der Waals surface area contributed by atoms with Crippen LogP contribution in [0.4, 0.5) is 11.4 Å². The number of carbonyl (C=O) groups is 1. The molecule has 9 heteroatoms. The van der Waals surface area contributed by atoms with Crippen molar-refractivity contribution in [1.82, 2.24) is 0 Å². The number of anilines is 2. The van der Waals surface area contributed by atoms with Gasteiger partial charge in [-0.3, -0.25) is 9.10 Å². The maximum atomic E-state index is 12.5. The molecule has 1 atom stereocenters. The zero-order valence-electron chi connectivity index (χ0n) is 15.1. The Hall–Kier alpha value is -2.39. The van der Waals surface area contributed by atoms with Gasteiger partial charge in [-0.05, 0) is 55.3 Å². The summed E-state index contributed by atoms with van der Waals surface area (Å²) in [5, 5.41) is 2.68. The van der Waals surface area contributed by atoms with Gasteiger partial charge in [-0.2, -0.15) is 0 Å². The molecule has 0 saturated carbocycles. The van der Waals surface area contributed by atoms with Gasteiger partial charge in [-0.25, -0.2) is 16.8 Å². The Morgan fingerprint density at radius 1 is 1.07 bits per heavy atom. The van der Waals surface area contributed by atoms with Crippen LogP contribution >= 0.6 is 0 Å². The van der Waals surface area contributed by atoms with Crippen molar-refractivity contribution in [3.8, 4) is 0 Å². The zero-order chi connectivity index (χ0) is 20.0. The molecule has 0 unspecified atom stereocenters. The molecular formula is C18H20N2O5S2. The fraction of sp³-hybridized carbons (Fsp3) is 0.278. The predicted molar refractivity (Wildman–Crippen MR) is 104 cm³/mol. The van der Waals surface area contributed by atoms with Crippen molar-refractivity contribution < 1.29 is 21.6 Å². The van der Waals surface area contributed by atoms with Gasteiger partial charge in [0.05, 0.1) is 16.8 Å². The number of carbonyl (C=O) groups excluding carboxylic acids is 1. The summed E-state index contributed by atoms with van der Waals surface area (Å²) in [6.07, 6.45) is 2.78. The Balaban J connectivity index is 1.87. The highest BCUT2D eigenvalue weighted by Gasteiger charge is 2.32. The standard InChI is InChI=1S/C18H20N2O5S2/c1-12-9-14-10-13(7-8-17(14)20(12)27(3,24)25)18(21)19-15-5-4-6-16(11-15)26(2,22)23/h4-8,10-12H,9H2,1-3H3,(H,19,21)/t12-/m0/s1. The van der Waals surface area contributed by atoms with E-state index in [-0.39, 0.29) is 10.9 Å². The Morgan fingerprint density at radius 3 is 2.41 bits per heavy atom. The lowest BCUT2D eigenvalue weighted by molar-refractivity contribution is 0.102. The fourth-order valence-corrected chi connectivity index (χ4v) is 5.19. The van der Waals surface area contributed by atoms with Crippen LogP contribution in [0.2, 0.25) is 0 Å². The van der Waals surface area contributed by atoms with Crippen molar-refractivity contribution in [2.75, 3.05) is 22.1 Å². The van der Waals surface area contributed by atoms with Gasteiger partial charge >= 0.3 is 0 Å². The molecule has 27 heavy (non-hydrogen) atoms. The zero-order valence-corrected chi connectivity index (χ0v) is 16.8. The van der Waals surface area contributed by atoms with E-state index in [2.05, 4.69) is 5.32 Å². The van der Waals surface area contributed by atoms with Crippen molar-refractivity contribution in [3.05, 3.63) is 53.6 Å². The van der Waals surface area contributed by atoms with Crippen LogP contribution in [0.3, 0.4) is 0 Å². The molecule has 1 N–H and O–H groups in total. The fourth-order valence-electron chi connectivity index (χ4n) is 3.26. The van der Waals surface area contributed by atoms with Crippen LogP contribution in [0.15, 0.2) is 47.4 Å². The Labute approximate surface area is 159 Å². The van der Waals surface area contributed by atoms with E-state index in [0.717, 1.165) is 18.1 Å². The molecule has 1 amide bonds. The van der Waals surface area contributed by atoms with Gasteiger partial charge in [0.1, 0.15) is 0 Å². The molecular weight excluding hydrogens is 388 g/mol. The van der Waals surface area contributed by atoms with E-state index in [0.29, 0.717) is 23.4 Å². The molecule has 1 aliphatic heterocycles. The summed E-state index contributed by atoms with van der Waals surface area (Å²) in [7, 11) is -6.76. The number of amides is 1. The highest BCUT2D eigenvalue weighted by Crippen LogP contribution is 2.34. The van der Waals surface area contributed by atoms with Crippen LogP contribution < -0.4 is 9.62 Å². The Morgan fingerprint density at radius 2 is 1.78 bits per heavy atom. The number of nitrogens with one attached hydrogen (secondary N) is 1. The maximum Gasteiger partial charge on any atom is 0.255 e. The van der Waals surface area contributed by atoms with Gasteiger partial charge in [0, 0.05) is 23.5 Å². The Kier molecular flexibility index (Phi) is 4.77. The van der Waals surface area contributed by atoms with E-state index in [1.807, 2.05) is 6.92 Å². The molecule has 0 aliphatic carbocycles. The quantitative estimate of drug-likeness (QED) is 0.834. The summed E-state index contributed by atoms with van der Waals surface area (Å²) in [6, 6.07) is 10.7. The number of sulfonamides is 1. The molecule has 0 aromatic heterocycles. The number of sulfone groups is 1. The third kappa shape index (κ3) is 3.98. The summed E-state index contributed by atoms with van der Waals surface area (Å²) in [5.74, 6) is -0.395. The van der Waals surface area contributed by atoms with E-state index in [9.17, 15) is 21.6 Å². The molecule has 0 fully saturated rings. The van der Waals surface area contributed by atoms with E-state index < -0.39 is 25.8 Å². The summed E-state index contributed by atoms with van der Waals surface area (Å²) in [5.41, 5.74) is 2.11. The van der Waals surface area contributed by atoms with Gasteiger partial charge < -0.3 is 5.32 Å². The highest BCUT2D eigenvalue weighted by molar-refractivity contribution is 7.92. The summed E-state index contributed by atoms with van der Waals surface area (Å²) >= 11 is 0. The number of hydrogen-bond donors (Lipinski definition) is 1. The van der Waals surface area contributed by atoms with Crippen LogP contribution in [0.5, 0.6) is 0 Å². The van der Waals surface area contributed by atoms with Crippen LogP contribution in [0, 0.1) is 0 Å². The monoisotopic (exact) mass is 408 g/mol. The number of benzene rings is 2. The molecule has 0 radical (unpaired) electrons. The molecule has 2 aromatic rings. The second-order valence-corrected chi connectivity index (χ2v) is 10.6. The number of rotatable bonds is 4. The lowest BCUT2D eigenvalue weighted by atomic mass is 10.1. The van der Waals surface area contributed by atoms with Gasteiger partial charge in [0.25, 0.3) is 5.91 Å². The number of nitrogens with zero attached hydrogens (tertiary/aromatic N) is 1. The van der Waals surface area contributed by atoms with Crippen molar-refractivity contribution >= 4 is 37.1 Å². The van der Waals surface area contributed by atoms with Gasteiger partial charge in [-0.1, -0.05) is 6.07 Å². The number of hydrogen-bond acceptors (Lipinski definition) is 5. The van der Waals surface area contributed by atoms with E-state index >= 15 is 0 Å². The van der Waals surface area contributed by atoms with Crippen LogP contribution in [0.1, 0.15) is 22.8 Å². The first-order valence-electron chi connectivity index (χ1n) is 8.20. The molecule has 0 saturated heterocycles. The largest absolute Gasteiger partial charge is 0.322 e. The second kappa shape index (κ2) is 6.65. The average molecular weight is 409 g/mol. The molecule has 1 aliphatic rings. The molecule has 144 valence electrons. The smallest absolute Gasteiger partial charge is 0.255 e. The molecule has 1 heterocycles. The van der Waals surface area contributed by atoms with E-state index in [4.69, 9.17) is 0 Å². The first-order chi connectivity index (χ1) is 12.5. The summed E-state index contributed by atoms with van der Waals surface area (Å²) in [4.78, 5) is 12.7. The van der Waals surface area contributed by atoms with Crippen LogP contribution in [-0.4, -0.2) is 41.3 Å². The average Bonchev–Trinajstić information content (AvgIpc) is 2.89. The van der Waals surface area contributed by atoms with Gasteiger partial charge in [-0.15, -0.1) is 0 Å².